The number of aromatic amines is 1. The van der Waals surface area contributed by atoms with Gasteiger partial charge in [-0.2, -0.15) is 0 Å². The summed E-state index contributed by atoms with van der Waals surface area (Å²) in [6.07, 6.45) is -0.0726. The highest BCUT2D eigenvalue weighted by Gasteiger charge is 2.40. The van der Waals surface area contributed by atoms with Gasteiger partial charge in [0.2, 0.25) is 82.7 Å². The van der Waals surface area contributed by atoms with E-state index in [9.17, 15) is 78.0 Å². The van der Waals surface area contributed by atoms with Crippen LogP contribution in [-0.4, -0.2) is 256 Å². The summed E-state index contributed by atoms with van der Waals surface area (Å²) >= 11 is 0. The summed E-state index contributed by atoms with van der Waals surface area (Å²) in [4.78, 5) is 221. The highest BCUT2D eigenvalue weighted by Crippen LogP contribution is 2.25. The van der Waals surface area contributed by atoms with Crippen LogP contribution in [0, 0.1) is 0 Å². The normalized spacial score (nSPS) is 24.2. The largest absolute Gasteiger partial charge is 0.480 e. The summed E-state index contributed by atoms with van der Waals surface area (Å²) < 4.78 is 0. The third kappa shape index (κ3) is 31.8. The molecule has 2 aliphatic rings. The van der Waals surface area contributed by atoms with Gasteiger partial charge in [-0.1, -0.05) is 131 Å². The minimum atomic E-state index is -1.99. The lowest BCUT2D eigenvalue weighted by Crippen LogP contribution is -2.63. The molecule has 7 rings (SSSR count). The van der Waals surface area contributed by atoms with Gasteiger partial charge in [0.05, 0.1) is 31.8 Å². The first-order valence-electron chi connectivity index (χ1n) is 40.2. The number of para-hydroxylation sites is 1. The number of unbranched alkanes of at least 4 members (excludes halogenated alkanes) is 3. The number of nitrogens with one attached hydrogen (secondary N) is 15. The van der Waals surface area contributed by atoms with Gasteiger partial charge in [0, 0.05) is 54.3 Å². The first-order valence-corrected chi connectivity index (χ1v) is 42.7. The van der Waals surface area contributed by atoms with E-state index in [0.29, 0.717) is 71.8 Å². The van der Waals surface area contributed by atoms with Gasteiger partial charge in [-0.15, -0.1) is 0 Å². The van der Waals surface area contributed by atoms with Gasteiger partial charge in [0.1, 0.15) is 78.5 Å². The molecule has 0 radical (unpaired) electrons. The van der Waals surface area contributed by atoms with E-state index in [0.717, 1.165) is 28.5 Å². The molecule has 5 aromatic rings. The Labute approximate surface area is 707 Å². The third-order valence-electron chi connectivity index (χ3n) is 20.1. The smallest absolute Gasteiger partial charge is 0.326 e. The second kappa shape index (κ2) is 50.8. The highest BCUT2D eigenvalue weighted by atomic mass is 33.1. The molecule has 4 aromatic carbocycles. The number of hydrogen-bond donors (Lipinski definition) is 23. The van der Waals surface area contributed by atoms with Crippen molar-refractivity contribution in [2.45, 2.75) is 200 Å². The van der Waals surface area contributed by atoms with Crippen molar-refractivity contribution in [3.8, 4) is 0 Å². The minimum absolute atomic E-state index is 0.118. The van der Waals surface area contributed by atoms with E-state index < -0.39 is 205 Å². The first kappa shape index (κ1) is 97.0. The fourth-order valence-electron chi connectivity index (χ4n) is 13.4. The number of primary amides is 1. The summed E-state index contributed by atoms with van der Waals surface area (Å²) in [5.74, 6) is -17.1. The Morgan fingerprint density at radius 3 is 1.36 bits per heavy atom. The van der Waals surface area contributed by atoms with Crippen LogP contribution >= 0.6 is 21.6 Å². The number of rotatable bonds is 30. The van der Waals surface area contributed by atoms with E-state index in [1.165, 1.54) is 0 Å². The van der Waals surface area contributed by atoms with Crippen molar-refractivity contribution < 1.29 is 92.3 Å². The maximum atomic E-state index is 15.4. The van der Waals surface area contributed by atoms with E-state index in [1.807, 2.05) is 0 Å². The summed E-state index contributed by atoms with van der Waals surface area (Å²) in [6.45, 7) is -0.341. The molecule has 658 valence electrons. The molecule has 0 bridgehead atoms. The summed E-state index contributed by atoms with van der Waals surface area (Å²) in [5, 5.41) is 79.9. The number of carbonyl (C=O) groups excluding carboxylic acids is 14. The molecule has 0 saturated carbocycles. The maximum absolute atomic E-state index is 15.4. The van der Waals surface area contributed by atoms with Crippen molar-refractivity contribution >= 4 is 121 Å². The molecular weight excluding hydrogens is 1610 g/mol. The lowest BCUT2D eigenvalue weighted by atomic mass is 10.00. The molecule has 1 aromatic heterocycles. The molecule has 0 spiro atoms. The molecule has 38 nitrogen and oxygen atoms in total. The molecule has 14 amide bonds. The standard InChI is InChI=1S/C81H113N19O19S2/c1-46(103)67-80(117)95-59(38-49-24-9-4-10-25-49)73(110)96-62(42-101)76(113)97-63(43-102)77(114)99-65(79(116)90-56(81(118)119)30-15-18-34-84)45-121-120-44-64(98-68(105)53-31-19-35-86-53)78(115)89-54(28-13-16-32-82)69(106)94-61(40-66(85)104)75(112)92-57(36-47-20-5-2-6-21-47)71(108)91-58(37-48-22-7-3-8-23-48)72(109)93-60(39-50-41-87-52-27-12-11-26-51(50)52)74(111)88-55(70(107)100-67)29-14-17-33-83/h2-12,20-27,41,46,53-65,67,86-87,101-103H,13-19,28-40,42-45,82-84H2,1H3,(H2,85,104)(H,88,111)(H,89,115)(H,90,116)(H,91,108)(H,92,112)(H,93,109)(H,94,106)(H,95,117)(H,96,110)(H,97,113)(H,98,105)(H,99,114)(H,100,107)(H,118,119)/t46-,53+,54+,55+,56+,57+,58?,59+,60+,61?,62?,63+,64?,65?,67+/m1/s1. The predicted octanol–water partition coefficient (Wildman–Crippen LogP) is -4.40. The van der Waals surface area contributed by atoms with E-state index in [4.69, 9.17) is 22.9 Å². The molecule has 15 atom stereocenters. The quantitative estimate of drug-likeness (QED) is 0.0152. The topological polar surface area (TPSA) is 625 Å². The lowest BCUT2D eigenvalue weighted by molar-refractivity contribution is -0.142. The van der Waals surface area contributed by atoms with Gasteiger partial charge in [-0.05, 0) is 132 Å². The molecule has 0 aliphatic carbocycles. The van der Waals surface area contributed by atoms with Crippen LogP contribution in [0.2, 0.25) is 0 Å². The number of amides is 14. The van der Waals surface area contributed by atoms with Crippen LogP contribution in [0.25, 0.3) is 10.9 Å². The molecule has 40 heteroatoms. The maximum Gasteiger partial charge on any atom is 0.326 e. The van der Waals surface area contributed by atoms with Gasteiger partial charge in [0.25, 0.3) is 0 Å². The molecule has 2 saturated heterocycles. The highest BCUT2D eigenvalue weighted by molar-refractivity contribution is 8.76. The van der Waals surface area contributed by atoms with Gasteiger partial charge in [-0.3, -0.25) is 67.1 Å². The Kier molecular flexibility index (Phi) is 40.8. The number of benzene rings is 4. The van der Waals surface area contributed by atoms with E-state index >= 15 is 14.4 Å². The van der Waals surface area contributed by atoms with Crippen LogP contribution in [0.5, 0.6) is 0 Å². The Morgan fingerprint density at radius 1 is 0.463 bits per heavy atom. The van der Waals surface area contributed by atoms with Crippen LogP contribution in [0.1, 0.15) is 106 Å². The lowest BCUT2D eigenvalue weighted by Gasteiger charge is -2.29. The SMILES string of the molecule is C[C@@H](O)[C@@H]1NC(=O)[C@H](CCCCN)NC(=O)[C@H](Cc2c[nH]c3ccccc23)NC(=O)C(Cc2ccccc2)NC(=O)[C@H](Cc2ccccc2)NC(=O)C(CC(N)=O)NC(=O)[C@H](CCCCN)NC(=O)C(NC(=O)[C@@H]2CCCN2)CSSCC(C(=O)N[C@@H](CCCCN)C(=O)O)NC(=O)[C@H](CO)NC(=O)C(CO)NC(=O)[C@H](Cc2ccccc2)NC1=O. The third-order valence-corrected chi connectivity index (χ3v) is 22.5. The fourth-order valence-corrected chi connectivity index (χ4v) is 15.7. The Hall–Kier alpha value is -11.1. The molecule has 2 aliphatic heterocycles. The number of aliphatic carboxylic acids is 1. The number of nitrogens with two attached hydrogens (primary N) is 4. The monoisotopic (exact) mass is 1720 g/mol. The number of hydrogen-bond acceptors (Lipinski definition) is 24. The zero-order valence-electron chi connectivity index (χ0n) is 67.2. The van der Waals surface area contributed by atoms with Crippen LogP contribution in [-0.2, 0) is 97.6 Å². The summed E-state index contributed by atoms with van der Waals surface area (Å²) in [7, 11) is 1.68. The van der Waals surface area contributed by atoms with Crippen molar-refractivity contribution in [1.82, 2.24) is 79.4 Å². The number of aliphatic hydroxyl groups excluding tert-OH is 3. The van der Waals surface area contributed by atoms with Crippen molar-refractivity contribution in [3.63, 3.8) is 0 Å². The minimum Gasteiger partial charge on any atom is -0.480 e. The Bertz CT molecular complexity index is 4280. The van der Waals surface area contributed by atoms with Crippen molar-refractivity contribution in [2.75, 3.05) is 50.9 Å². The second-order valence-electron chi connectivity index (χ2n) is 29.5. The molecule has 121 heavy (non-hydrogen) atoms. The average molecular weight is 1720 g/mol. The molecule has 2 fully saturated rings. The van der Waals surface area contributed by atoms with Gasteiger partial charge < -0.3 is 123 Å². The van der Waals surface area contributed by atoms with Gasteiger partial charge in [-0.25, -0.2) is 4.79 Å². The van der Waals surface area contributed by atoms with E-state index in [1.54, 1.807) is 121 Å². The van der Waals surface area contributed by atoms with Crippen LogP contribution < -0.4 is 97.4 Å². The number of aromatic nitrogens is 1. The second-order valence-corrected chi connectivity index (χ2v) is 32.1. The van der Waals surface area contributed by atoms with Crippen molar-refractivity contribution in [3.05, 3.63) is 144 Å². The van der Waals surface area contributed by atoms with E-state index in [-0.39, 0.29) is 89.6 Å². The zero-order chi connectivity index (χ0) is 87.9. The van der Waals surface area contributed by atoms with Crippen LogP contribution in [0.4, 0.5) is 0 Å². The Balaban J connectivity index is 1.33. The number of fused-ring (bicyclic) bond motifs is 1. The first-order chi connectivity index (χ1) is 58.1. The fraction of sp³-hybridized carbons (Fsp3) is 0.494. The predicted molar refractivity (Wildman–Crippen MR) is 449 cm³/mol. The average Bonchev–Trinajstić information content (AvgIpc) is 1.70. The molecular formula is C81H113N19O19S2. The van der Waals surface area contributed by atoms with Crippen LogP contribution in [0.15, 0.2) is 121 Å². The van der Waals surface area contributed by atoms with Gasteiger partial charge >= 0.3 is 5.97 Å². The van der Waals surface area contributed by atoms with E-state index in [2.05, 4.69) is 79.4 Å². The zero-order valence-corrected chi connectivity index (χ0v) is 68.8. The number of carboxylic acid groups (broad SMARTS) is 1. The summed E-state index contributed by atoms with van der Waals surface area (Å²) in [5.41, 5.74) is 25.8. The Morgan fingerprint density at radius 2 is 0.876 bits per heavy atom. The summed E-state index contributed by atoms with van der Waals surface area (Å²) in [6, 6.07) is 8.82. The number of carbonyl (C=O) groups is 15. The number of aliphatic hydroxyl groups is 3. The molecule has 27 N–H and O–H groups in total. The molecule has 3 heterocycles. The number of H-pyrrole nitrogens is 1. The molecule has 5 unspecified atom stereocenters. The van der Waals surface area contributed by atoms with Gasteiger partial charge in [0.15, 0.2) is 0 Å². The van der Waals surface area contributed by atoms with Crippen LogP contribution in [0.3, 0.4) is 0 Å². The number of carboxylic acids is 1. The van der Waals surface area contributed by atoms with Crippen molar-refractivity contribution in [2.24, 2.45) is 22.9 Å². The van der Waals surface area contributed by atoms with Crippen molar-refractivity contribution in [1.29, 1.82) is 0 Å².